The Morgan fingerprint density at radius 3 is 2.50 bits per heavy atom. The van der Waals surface area contributed by atoms with Crippen LogP contribution < -0.4 is 5.32 Å². The summed E-state index contributed by atoms with van der Waals surface area (Å²) >= 11 is 0. The molecule has 0 aliphatic heterocycles. The maximum absolute atomic E-state index is 11.9. The van der Waals surface area contributed by atoms with Gasteiger partial charge >= 0.3 is 5.97 Å². The molecule has 2 N–H and O–H groups in total. The minimum atomic E-state index is -0.833. The van der Waals surface area contributed by atoms with E-state index >= 15 is 0 Å². The molecule has 104 valence electrons. The van der Waals surface area contributed by atoms with Gasteiger partial charge in [0.25, 0.3) is 0 Å². The van der Waals surface area contributed by atoms with Crippen LogP contribution in [0.25, 0.3) is 0 Å². The van der Waals surface area contributed by atoms with Crippen molar-refractivity contribution in [3.05, 3.63) is 0 Å². The van der Waals surface area contributed by atoms with Gasteiger partial charge in [0, 0.05) is 6.54 Å². The predicted octanol–water partition coefficient (Wildman–Crippen LogP) is 0.945. The van der Waals surface area contributed by atoms with Crippen molar-refractivity contribution in [3.63, 3.8) is 0 Å². The lowest BCUT2D eigenvalue weighted by Crippen LogP contribution is -2.35. The summed E-state index contributed by atoms with van der Waals surface area (Å²) in [7, 11) is 4.04. The number of amides is 1. The van der Waals surface area contributed by atoms with Gasteiger partial charge in [-0.1, -0.05) is 6.42 Å². The lowest BCUT2D eigenvalue weighted by Gasteiger charge is -2.15. The van der Waals surface area contributed by atoms with Gasteiger partial charge < -0.3 is 15.3 Å². The molecule has 0 saturated heterocycles. The number of carbonyl (C=O) groups excluding carboxylic acids is 1. The maximum atomic E-state index is 11.9. The Balaban J connectivity index is 2.22. The maximum Gasteiger partial charge on any atom is 0.307 e. The number of hydrogen-bond acceptors (Lipinski definition) is 3. The molecule has 0 aromatic carbocycles. The Hall–Kier alpha value is -1.10. The van der Waals surface area contributed by atoms with Crippen LogP contribution in [-0.2, 0) is 9.59 Å². The highest BCUT2D eigenvalue weighted by Gasteiger charge is 2.37. The van der Waals surface area contributed by atoms with Crippen LogP contribution >= 0.6 is 0 Å². The lowest BCUT2D eigenvalue weighted by molar-refractivity contribution is -0.146. The quantitative estimate of drug-likeness (QED) is 0.665. The van der Waals surface area contributed by atoms with Gasteiger partial charge in [-0.2, -0.15) is 0 Å². The first-order valence-electron chi connectivity index (χ1n) is 6.67. The number of unbranched alkanes of at least 4 members (excludes halogenated alkanes) is 1. The summed E-state index contributed by atoms with van der Waals surface area (Å²) in [4.78, 5) is 25.0. The highest BCUT2D eigenvalue weighted by atomic mass is 16.4. The Morgan fingerprint density at radius 1 is 1.22 bits per heavy atom. The molecule has 0 bridgehead atoms. The highest BCUT2D eigenvalue weighted by Crippen LogP contribution is 2.31. The van der Waals surface area contributed by atoms with Crippen molar-refractivity contribution < 1.29 is 14.7 Å². The average molecular weight is 256 g/mol. The fourth-order valence-electron chi connectivity index (χ4n) is 2.47. The molecule has 1 aliphatic carbocycles. The van der Waals surface area contributed by atoms with Crippen LogP contribution in [0, 0.1) is 11.8 Å². The Bertz CT molecular complexity index is 292. The molecule has 0 radical (unpaired) electrons. The Morgan fingerprint density at radius 2 is 1.89 bits per heavy atom. The number of nitrogens with zero attached hydrogens (tertiary/aromatic N) is 1. The van der Waals surface area contributed by atoms with Gasteiger partial charge in [0.1, 0.15) is 0 Å². The topological polar surface area (TPSA) is 69.6 Å². The number of nitrogens with one attached hydrogen (secondary N) is 1. The summed E-state index contributed by atoms with van der Waals surface area (Å²) in [5.74, 6) is -1.71. The first-order valence-corrected chi connectivity index (χ1v) is 6.67. The summed E-state index contributed by atoms with van der Waals surface area (Å²) in [5, 5.41) is 11.9. The second-order valence-corrected chi connectivity index (χ2v) is 5.28. The van der Waals surface area contributed by atoms with Crippen molar-refractivity contribution in [3.8, 4) is 0 Å². The van der Waals surface area contributed by atoms with Crippen molar-refractivity contribution in [2.45, 2.75) is 32.1 Å². The van der Waals surface area contributed by atoms with Crippen molar-refractivity contribution in [1.82, 2.24) is 10.2 Å². The van der Waals surface area contributed by atoms with Crippen LogP contribution in [0.5, 0.6) is 0 Å². The molecule has 1 rings (SSSR count). The van der Waals surface area contributed by atoms with Crippen LogP contribution in [0.2, 0.25) is 0 Å². The minimum absolute atomic E-state index is 0.0789. The Labute approximate surface area is 109 Å². The zero-order valence-electron chi connectivity index (χ0n) is 11.3. The molecule has 0 aromatic rings. The zero-order chi connectivity index (χ0) is 13.5. The smallest absolute Gasteiger partial charge is 0.307 e. The van der Waals surface area contributed by atoms with E-state index < -0.39 is 11.9 Å². The molecule has 2 unspecified atom stereocenters. The molecule has 0 aromatic heterocycles. The van der Waals surface area contributed by atoms with E-state index in [1.165, 1.54) is 0 Å². The fraction of sp³-hybridized carbons (Fsp3) is 0.846. The van der Waals surface area contributed by atoms with E-state index in [2.05, 4.69) is 10.2 Å². The molecule has 2 atom stereocenters. The van der Waals surface area contributed by atoms with Crippen LogP contribution in [0.15, 0.2) is 0 Å². The summed E-state index contributed by atoms with van der Waals surface area (Å²) in [5.41, 5.74) is 0. The van der Waals surface area contributed by atoms with E-state index in [-0.39, 0.29) is 11.8 Å². The molecule has 1 aliphatic rings. The van der Waals surface area contributed by atoms with Crippen LogP contribution in [0.3, 0.4) is 0 Å². The van der Waals surface area contributed by atoms with Gasteiger partial charge in [-0.05, 0) is 46.3 Å². The number of carboxylic acid groups (broad SMARTS) is 1. The van der Waals surface area contributed by atoms with E-state index in [0.29, 0.717) is 19.4 Å². The third kappa shape index (κ3) is 4.64. The molecule has 1 amide bonds. The van der Waals surface area contributed by atoms with Crippen molar-refractivity contribution in [2.24, 2.45) is 11.8 Å². The SMILES string of the molecule is CN(C)CCCCNC(=O)C1CCCC1C(=O)O. The molecular formula is C13H24N2O3. The molecule has 18 heavy (non-hydrogen) atoms. The minimum Gasteiger partial charge on any atom is -0.481 e. The predicted molar refractivity (Wildman–Crippen MR) is 69.3 cm³/mol. The van der Waals surface area contributed by atoms with E-state index in [4.69, 9.17) is 5.11 Å². The van der Waals surface area contributed by atoms with E-state index in [1.54, 1.807) is 0 Å². The number of carbonyl (C=O) groups is 2. The monoisotopic (exact) mass is 256 g/mol. The third-order valence-electron chi connectivity index (χ3n) is 3.50. The standard InChI is InChI=1S/C13H24N2O3/c1-15(2)9-4-3-8-14-12(16)10-6-5-7-11(10)13(17)18/h10-11H,3-9H2,1-2H3,(H,14,16)(H,17,18). The average Bonchev–Trinajstić information content (AvgIpc) is 2.76. The first kappa shape index (κ1) is 15.0. The van der Waals surface area contributed by atoms with Gasteiger partial charge in [-0.3, -0.25) is 9.59 Å². The number of hydrogen-bond donors (Lipinski definition) is 2. The highest BCUT2D eigenvalue weighted by molar-refractivity contribution is 5.85. The normalized spacial score (nSPS) is 23.3. The molecule has 0 spiro atoms. The largest absolute Gasteiger partial charge is 0.481 e. The van der Waals surface area contributed by atoms with Crippen LogP contribution in [0.1, 0.15) is 32.1 Å². The number of aliphatic carboxylic acids is 1. The van der Waals surface area contributed by atoms with Crippen molar-refractivity contribution in [2.75, 3.05) is 27.2 Å². The molecular weight excluding hydrogens is 232 g/mol. The summed E-state index contributed by atoms with van der Waals surface area (Å²) in [6.07, 6.45) is 4.17. The lowest BCUT2D eigenvalue weighted by atomic mass is 9.95. The van der Waals surface area contributed by atoms with E-state index in [1.807, 2.05) is 14.1 Å². The van der Waals surface area contributed by atoms with Crippen molar-refractivity contribution in [1.29, 1.82) is 0 Å². The van der Waals surface area contributed by atoms with E-state index in [0.717, 1.165) is 25.8 Å². The van der Waals surface area contributed by atoms with Gasteiger partial charge in [0.2, 0.25) is 5.91 Å². The summed E-state index contributed by atoms with van der Waals surface area (Å²) in [6, 6.07) is 0. The summed E-state index contributed by atoms with van der Waals surface area (Å²) < 4.78 is 0. The fourth-order valence-corrected chi connectivity index (χ4v) is 2.47. The van der Waals surface area contributed by atoms with Gasteiger partial charge in [0.15, 0.2) is 0 Å². The van der Waals surface area contributed by atoms with Gasteiger partial charge in [-0.25, -0.2) is 0 Å². The molecule has 5 heteroatoms. The second kappa shape index (κ2) is 7.36. The zero-order valence-corrected chi connectivity index (χ0v) is 11.3. The van der Waals surface area contributed by atoms with Crippen LogP contribution in [0.4, 0.5) is 0 Å². The van der Waals surface area contributed by atoms with Gasteiger partial charge in [0.05, 0.1) is 11.8 Å². The summed E-state index contributed by atoms with van der Waals surface area (Å²) in [6.45, 7) is 1.66. The second-order valence-electron chi connectivity index (χ2n) is 5.28. The first-order chi connectivity index (χ1) is 8.52. The number of rotatable bonds is 7. The molecule has 1 fully saturated rings. The van der Waals surface area contributed by atoms with E-state index in [9.17, 15) is 9.59 Å². The molecule has 0 heterocycles. The molecule has 5 nitrogen and oxygen atoms in total. The number of carboxylic acids is 1. The molecule has 1 saturated carbocycles. The van der Waals surface area contributed by atoms with Gasteiger partial charge in [-0.15, -0.1) is 0 Å². The Kier molecular flexibility index (Phi) is 6.12. The third-order valence-corrected chi connectivity index (χ3v) is 3.50. The van der Waals surface area contributed by atoms with Crippen LogP contribution in [-0.4, -0.2) is 49.1 Å². The van der Waals surface area contributed by atoms with Crippen molar-refractivity contribution >= 4 is 11.9 Å².